The Morgan fingerprint density at radius 3 is 2.65 bits per heavy atom. The van der Waals surface area contributed by atoms with Gasteiger partial charge in [-0.25, -0.2) is 13.1 Å². The van der Waals surface area contributed by atoms with E-state index in [1.807, 2.05) is 0 Å². The number of aryl methyl sites for hydroxylation is 1. The Morgan fingerprint density at radius 2 is 2.12 bits per heavy atom. The van der Waals surface area contributed by atoms with Gasteiger partial charge in [-0.1, -0.05) is 29.8 Å². The minimum absolute atomic E-state index is 0.0615. The number of hydrogen-bond donors (Lipinski definition) is 2. The summed E-state index contributed by atoms with van der Waals surface area (Å²) in [4.78, 5) is -0.0693. The van der Waals surface area contributed by atoms with E-state index in [-0.39, 0.29) is 21.5 Å². The molecule has 1 aromatic carbocycles. The zero-order valence-corrected chi connectivity index (χ0v) is 11.5. The van der Waals surface area contributed by atoms with Gasteiger partial charge in [0, 0.05) is 17.3 Å². The maximum absolute atomic E-state index is 11.9. The number of nitrogens with two attached hydrogens (primary N) is 1. The first kappa shape index (κ1) is 14.3. The van der Waals surface area contributed by atoms with E-state index in [9.17, 15) is 8.42 Å². The smallest absolute Gasteiger partial charge is 0.242 e. The third-order valence-corrected chi connectivity index (χ3v) is 4.06. The quantitative estimate of drug-likeness (QED) is 0.837. The third kappa shape index (κ3) is 3.61. The standard InChI is InChI=1S/C10H12Cl2N2O2S/c1-6-3-8(12)10(4-9(6)13)17(15,16)14-5-7(2)11/h3-4,14H,2,5,13H2,1H3. The highest BCUT2D eigenvalue weighted by atomic mass is 35.5. The Labute approximate surface area is 110 Å². The van der Waals surface area contributed by atoms with Crippen molar-refractivity contribution >= 4 is 38.9 Å². The Kier molecular flexibility index (Phi) is 4.43. The fraction of sp³-hybridized carbons (Fsp3) is 0.200. The fourth-order valence-electron chi connectivity index (χ4n) is 1.13. The Balaban J connectivity index is 3.15. The predicted molar refractivity (Wildman–Crippen MR) is 70.8 cm³/mol. The van der Waals surface area contributed by atoms with Gasteiger partial charge in [-0.2, -0.15) is 0 Å². The number of nitrogens with one attached hydrogen (secondary N) is 1. The highest BCUT2D eigenvalue weighted by Crippen LogP contribution is 2.26. The van der Waals surface area contributed by atoms with Crippen molar-refractivity contribution in [2.45, 2.75) is 11.8 Å². The molecule has 0 atom stereocenters. The van der Waals surface area contributed by atoms with Crippen molar-refractivity contribution in [3.63, 3.8) is 0 Å². The topological polar surface area (TPSA) is 72.2 Å². The summed E-state index contributed by atoms with van der Waals surface area (Å²) < 4.78 is 26.0. The van der Waals surface area contributed by atoms with Gasteiger partial charge in [0.05, 0.1) is 5.02 Å². The minimum Gasteiger partial charge on any atom is -0.398 e. The van der Waals surface area contributed by atoms with Crippen molar-refractivity contribution in [2.75, 3.05) is 12.3 Å². The summed E-state index contributed by atoms with van der Waals surface area (Å²) in [5.41, 5.74) is 6.73. The molecule has 0 heterocycles. The van der Waals surface area contributed by atoms with Crippen LogP contribution in [0.3, 0.4) is 0 Å². The van der Waals surface area contributed by atoms with E-state index < -0.39 is 10.0 Å². The van der Waals surface area contributed by atoms with Crippen LogP contribution < -0.4 is 10.5 Å². The van der Waals surface area contributed by atoms with Gasteiger partial charge in [-0.15, -0.1) is 0 Å². The molecule has 1 rings (SSSR count). The highest BCUT2D eigenvalue weighted by Gasteiger charge is 2.18. The normalized spacial score (nSPS) is 11.5. The molecular weight excluding hydrogens is 283 g/mol. The molecule has 0 saturated carbocycles. The number of nitrogen functional groups attached to an aromatic ring is 1. The Hall–Kier alpha value is -0.750. The average Bonchev–Trinajstić information content (AvgIpc) is 2.20. The summed E-state index contributed by atoms with van der Waals surface area (Å²) in [6, 6.07) is 2.82. The fourth-order valence-corrected chi connectivity index (χ4v) is 2.91. The molecule has 0 radical (unpaired) electrons. The number of halogens is 2. The van der Waals surface area contributed by atoms with Crippen LogP contribution in [0.25, 0.3) is 0 Å². The molecule has 7 heteroatoms. The molecule has 0 saturated heterocycles. The number of hydrogen-bond acceptors (Lipinski definition) is 3. The maximum Gasteiger partial charge on any atom is 0.242 e. The van der Waals surface area contributed by atoms with Crippen molar-refractivity contribution in [1.82, 2.24) is 4.72 Å². The highest BCUT2D eigenvalue weighted by molar-refractivity contribution is 7.89. The first-order valence-corrected chi connectivity index (χ1v) is 6.86. The van der Waals surface area contributed by atoms with Crippen LogP contribution in [0.5, 0.6) is 0 Å². The van der Waals surface area contributed by atoms with Gasteiger partial charge in [0.15, 0.2) is 0 Å². The van der Waals surface area contributed by atoms with Gasteiger partial charge >= 0.3 is 0 Å². The molecule has 17 heavy (non-hydrogen) atoms. The largest absolute Gasteiger partial charge is 0.398 e. The molecule has 0 aliphatic heterocycles. The van der Waals surface area contributed by atoms with Crippen molar-refractivity contribution in [1.29, 1.82) is 0 Å². The SMILES string of the molecule is C=C(Cl)CNS(=O)(=O)c1cc(N)c(C)cc1Cl. The van der Waals surface area contributed by atoms with E-state index in [2.05, 4.69) is 11.3 Å². The van der Waals surface area contributed by atoms with Crippen molar-refractivity contribution in [3.8, 4) is 0 Å². The van der Waals surface area contributed by atoms with Crippen LogP contribution in [-0.2, 0) is 10.0 Å². The number of benzene rings is 1. The van der Waals surface area contributed by atoms with E-state index in [1.165, 1.54) is 12.1 Å². The Morgan fingerprint density at radius 1 is 1.53 bits per heavy atom. The molecule has 0 fully saturated rings. The molecule has 0 bridgehead atoms. The zero-order valence-electron chi connectivity index (χ0n) is 9.13. The summed E-state index contributed by atoms with van der Waals surface area (Å²) in [5.74, 6) is 0. The third-order valence-electron chi connectivity index (χ3n) is 2.06. The molecule has 0 aliphatic rings. The molecule has 0 amide bonds. The summed E-state index contributed by atoms with van der Waals surface area (Å²) in [6.07, 6.45) is 0. The van der Waals surface area contributed by atoms with Crippen molar-refractivity contribution in [3.05, 3.63) is 34.3 Å². The van der Waals surface area contributed by atoms with Crippen LogP contribution >= 0.6 is 23.2 Å². The van der Waals surface area contributed by atoms with Crippen LogP contribution in [0.15, 0.2) is 28.6 Å². The molecular formula is C10H12Cl2N2O2S. The monoisotopic (exact) mass is 294 g/mol. The van der Waals surface area contributed by atoms with Crippen LogP contribution in [0.1, 0.15) is 5.56 Å². The predicted octanol–water partition coefficient (Wildman–Crippen LogP) is 2.26. The number of rotatable bonds is 4. The molecule has 4 nitrogen and oxygen atoms in total. The molecule has 0 unspecified atom stereocenters. The molecule has 0 aliphatic carbocycles. The number of anilines is 1. The number of sulfonamides is 1. The Bertz CT molecular complexity index is 556. The van der Waals surface area contributed by atoms with E-state index >= 15 is 0 Å². The second-order valence-corrected chi connectivity index (χ2v) is 6.16. The second kappa shape index (κ2) is 5.27. The summed E-state index contributed by atoms with van der Waals surface area (Å²) in [6.45, 7) is 5.07. The van der Waals surface area contributed by atoms with Crippen LogP contribution in [0.4, 0.5) is 5.69 Å². The van der Waals surface area contributed by atoms with E-state index in [1.54, 1.807) is 6.92 Å². The van der Waals surface area contributed by atoms with E-state index in [4.69, 9.17) is 28.9 Å². The zero-order chi connectivity index (χ0) is 13.2. The van der Waals surface area contributed by atoms with E-state index in [0.717, 1.165) is 5.56 Å². The molecule has 94 valence electrons. The summed E-state index contributed by atoms with van der Waals surface area (Å²) in [5, 5.41) is 0.300. The second-order valence-electron chi connectivity index (χ2n) is 3.48. The van der Waals surface area contributed by atoms with Gasteiger partial charge in [-0.05, 0) is 24.6 Å². The average molecular weight is 295 g/mol. The van der Waals surface area contributed by atoms with Gasteiger partial charge in [0.25, 0.3) is 0 Å². The lowest BCUT2D eigenvalue weighted by Gasteiger charge is -2.10. The molecule has 0 spiro atoms. The van der Waals surface area contributed by atoms with Crippen LogP contribution in [0, 0.1) is 6.92 Å². The lowest BCUT2D eigenvalue weighted by molar-refractivity contribution is 0.585. The van der Waals surface area contributed by atoms with Crippen LogP contribution in [0.2, 0.25) is 5.02 Å². The lowest BCUT2D eigenvalue weighted by Crippen LogP contribution is -2.25. The first-order valence-electron chi connectivity index (χ1n) is 4.62. The molecule has 0 aromatic heterocycles. The summed E-state index contributed by atoms with van der Waals surface area (Å²) >= 11 is 11.4. The molecule has 3 N–H and O–H groups in total. The van der Waals surface area contributed by atoms with Gasteiger partial charge in [-0.3, -0.25) is 0 Å². The van der Waals surface area contributed by atoms with Crippen molar-refractivity contribution < 1.29 is 8.42 Å². The lowest BCUT2D eigenvalue weighted by atomic mass is 10.2. The van der Waals surface area contributed by atoms with Crippen LogP contribution in [-0.4, -0.2) is 15.0 Å². The van der Waals surface area contributed by atoms with Gasteiger partial charge < -0.3 is 5.73 Å². The van der Waals surface area contributed by atoms with Gasteiger partial charge in [0.1, 0.15) is 4.90 Å². The summed E-state index contributed by atoms with van der Waals surface area (Å²) in [7, 11) is -3.73. The van der Waals surface area contributed by atoms with Crippen molar-refractivity contribution in [2.24, 2.45) is 0 Å². The maximum atomic E-state index is 11.9. The molecule has 1 aromatic rings. The van der Waals surface area contributed by atoms with Gasteiger partial charge in [0.2, 0.25) is 10.0 Å². The van der Waals surface area contributed by atoms with E-state index in [0.29, 0.717) is 5.69 Å². The first-order chi connectivity index (χ1) is 7.74. The minimum atomic E-state index is -3.73.